The molecule has 9 aromatic rings. The number of benzene rings is 5. The summed E-state index contributed by atoms with van der Waals surface area (Å²) in [6.07, 6.45) is 9.19. The van der Waals surface area contributed by atoms with E-state index in [1.807, 2.05) is 48.8 Å². The summed E-state index contributed by atoms with van der Waals surface area (Å²) in [7, 11) is 0.382. The summed E-state index contributed by atoms with van der Waals surface area (Å²) in [6.45, 7) is 18.3. The number of hydrogen-bond donors (Lipinski definition) is 0. The second kappa shape index (κ2) is 23.0. The number of aromatic nitrogens is 3. The Bertz CT molecular complexity index is 2940. The van der Waals surface area contributed by atoms with Crippen molar-refractivity contribution in [2.24, 2.45) is 0 Å². The van der Waals surface area contributed by atoms with Crippen LogP contribution in [0.25, 0.3) is 66.8 Å². The van der Waals surface area contributed by atoms with Gasteiger partial charge in [0.15, 0.2) is 0 Å². The van der Waals surface area contributed by atoms with Gasteiger partial charge in [0.1, 0.15) is 16.9 Å². The van der Waals surface area contributed by atoms with Gasteiger partial charge >= 0.3 is 0 Å². The Labute approximate surface area is 407 Å². The van der Waals surface area contributed by atoms with Crippen LogP contribution < -0.4 is 9.92 Å². The largest absolute Gasteiger partial charge is 0.496 e. The molecule has 0 aliphatic carbocycles. The van der Waals surface area contributed by atoms with E-state index in [4.69, 9.17) is 19.1 Å². The van der Waals surface area contributed by atoms with Crippen LogP contribution in [0.2, 0.25) is 19.6 Å². The first kappa shape index (κ1) is 49.5. The van der Waals surface area contributed by atoms with E-state index in [1.165, 1.54) is 33.0 Å². The molecule has 0 saturated heterocycles. The molecule has 0 aliphatic rings. The fourth-order valence-electron chi connectivity index (χ4n) is 8.50. The molecular weight excluding hydrogens is 1000 g/mol. The number of aryl methyl sites for hydroxylation is 1. The van der Waals surface area contributed by atoms with Crippen molar-refractivity contribution in [2.45, 2.75) is 85.4 Å². The van der Waals surface area contributed by atoms with E-state index in [-0.39, 0.29) is 20.1 Å². The molecule has 0 spiro atoms. The number of nitrogens with zero attached hydrogens (tertiary/aromatic N) is 3. The molecule has 0 atom stereocenters. The molecule has 4 aromatic heterocycles. The van der Waals surface area contributed by atoms with Crippen LogP contribution >= 0.6 is 0 Å². The molecule has 9 rings (SSSR count). The van der Waals surface area contributed by atoms with Gasteiger partial charge in [-0.25, -0.2) is 0 Å². The van der Waals surface area contributed by atoms with Crippen molar-refractivity contribution in [3.8, 4) is 50.6 Å². The van der Waals surface area contributed by atoms with E-state index in [0.717, 1.165) is 80.7 Å². The summed E-state index contributed by atoms with van der Waals surface area (Å²) >= 11 is 0. The van der Waals surface area contributed by atoms with Crippen LogP contribution in [-0.4, -0.2) is 30.1 Å². The summed E-state index contributed by atoms with van der Waals surface area (Å²) in [5.41, 5.74) is 14.5. The number of methoxy groups -OCH3 is 1. The van der Waals surface area contributed by atoms with E-state index in [1.54, 1.807) is 7.11 Å². The number of fused-ring (bicyclic) bond motifs is 3. The van der Waals surface area contributed by atoms with Gasteiger partial charge < -0.3 is 9.15 Å². The number of para-hydroxylation sites is 1. The van der Waals surface area contributed by atoms with Gasteiger partial charge in [-0.1, -0.05) is 163 Å². The van der Waals surface area contributed by atoms with Crippen molar-refractivity contribution in [1.29, 1.82) is 0 Å². The van der Waals surface area contributed by atoms with Crippen LogP contribution in [0.15, 0.2) is 175 Å². The quantitative estimate of drug-likeness (QED) is 0.121. The van der Waals surface area contributed by atoms with E-state index in [0.29, 0.717) is 11.8 Å². The van der Waals surface area contributed by atoms with E-state index < -0.39 is 8.07 Å². The summed E-state index contributed by atoms with van der Waals surface area (Å²) < 4.78 is 12.3. The molecule has 0 N–H and O–H groups in total. The number of furan rings is 1. The normalized spacial score (nSPS) is 11.1. The first-order valence-electron chi connectivity index (χ1n) is 23.1. The fourth-order valence-corrected chi connectivity index (χ4v) is 10.2. The van der Waals surface area contributed by atoms with Crippen LogP contribution in [0.4, 0.5) is 0 Å². The minimum absolute atomic E-state index is 0. The monoisotopic (exact) mass is 1070 g/mol. The van der Waals surface area contributed by atoms with Gasteiger partial charge in [0, 0.05) is 66.3 Å². The van der Waals surface area contributed by atoms with E-state index in [2.05, 4.69) is 181 Å². The van der Waals surface area contributed by atoms with Crippen LogP contribution in [0.5, 0.6) is 5.75 Å². The van der Waals surface area contributed by atoms with Crippen LogP contribution in [0.1, 0.15) is 76.0 Å². The Morgan fingerprint density at radius 2 is 1.17 bits per heavy atom. The molecule has 0 amide bonds. The third kappa shape index (κ3) is 11.5. The number of hydrogen-bond acceptors (Lipinski definition) is 5. The minimum atomic E-state index is -1.33. The molecule has 4 heterocycles. The maximum Gasteiger partial charge on any atom is 0.148 e. The summed E-state index contributed by atoms with van der Waals surface area (Å²) in [5.74, 6) is 1.89. The first-order valence-corrected chi connectivity index (χ1v) is 26.6. The van der Waals surface area contributed by atoms with Crippen molar-refractivity contribution in [3.63, 3.8) is 0 Å². The van der Waals surface area contributed by atoms with Crippen molar-refractivity contribution in [2.75, 3.05) is 7.11 Å². The maximum absolute atomic E-state index is 6.60. The zero-order valence-electron chi connectivity index (χ0n) is 39.9. The number of pyridine rings is 3. The van der Waals surface area contributed by atoms with Crippen molar-refractivity contribution in [3.05, 3.63) is 187 Å². The van der Waals surface area contributed by atoms with E-state index >= 15 is 0 Å². The summed E-state index contributed by atoms with van der Waals surface area (Å²) in [5, 5.41) is 3.53. The van der Waals surface area contributed by atoms with Crippen molar-refractivity contribution >= 4 is 35.2 Å². The van der Waals surface area contributed by atoms with Gasteiger partial charge in [0.2, 0.25) is 0 Å². The smallest absolute Gasteiger partial charge is 0.148 e. The predicted octanol–water partition coefficient (Wildman–Crippen LogP) is 16.0. The Morgan fingerprint density at radius 3 is 1.74 bits per heavy atom. The van der Waals surface area contributed by atoms with E-state index in [9.17, 15) is 0 Å². The van der Waals surface area contributed by atoms with Gasteiger partial charge in [0.25, 0.3) is 0 Å². The molecule has 0 aliphatic heterocycles. The third-order valence-electron chi connectivity index (χ3n) is 12.2. The zero-order valence-corrected chi connectivity index (χ0v) is 43.3. The first-order chi connectivity index (χ1) is 31.5. The minimum Gasteiger partial charge on any atom is -0.496 e. The Hall–Kier alpha value is -5.98. The fraction of sp³-hybridized carbons (Fsp3) is 0.237. The van der Waals surface area contributed by atoms with Crippen LogP contribution in [0.3, 0.4) is 0 Å². The third-order valence-corrected chi connectivity index (χ3v) is 14.2. The Morgan fingerprint density at radius 1 is 0.576 bits per heavy atom. The standard InChI is InChI=1S/C29H27NO2.C17H23NSi.C13H13N.Ir/c1-4-19(5-2)21-16-17-30-25(18-21)23-14-15-26(31-3)27-24-13-9-12-22(28(24)32-29(23)27)20-10-7-6-8-11-20;1-13(2)15-11-16(14-9-7-6-8-10-14)18-12-17(15)19(3,4)5;1-2-11-8-9-14-13(10-11)12-6-4-3-5-7-12;/h6-19H,4-5H2,1-3H3;6-13H,1-5H3;3-10H,2H2,1H3;. The molecule has 0 saturated carbocycles. The molecule has 7 heteroatoms. The van der Waals surface area contributed by atoms with Gasteiger partial charge in [-0.15, -0.1) is 0 Å². The Balaban J connectivity index is 0.000000180. The summed E-state index contributed by atoms with van der Waals surface area (Å²) in [6, 6.07) is 52.3. The molecule has 5 nitrogen and oxygen atoms in total. The molecule has 66 heavy (non-hydrogen) atoms. The van der Waals surface area contributed by atoms with Gasteiger partial charge in [-0.3, -0.25) is 15.0 Å². The molecule has 0 fully saturated rings. The van der Waals surface area contributed by atoms with Crippen LogP contribution in [0, 0.1) is 0 Å². The average Bonchev–Trinajstić information content (AvgIpc) is 3.75. The van der Waals surface area contributed by atoms with Gasteiger partial charge in [-0.2, -0.15) is 0 Å². The summed E-state index contributed by atoms with van der Waals surface area (Å²) in [4.78, 5) is 13.8. The van der Waals surface area contributed by atoms with Gasteiger partial charge in [-0.05, 0) is 101 Å². The molecule has 0 bridgehead atoms. The average molecular weight is 1070 g/mol. The second-order valence-electron chi connectivity index (χ2n) is 17.9. The van der Waals surface area contributed by atoms with Crippen molar-refractivity contribution < 1.29 is 29.3 Å². The molecule has 339 valence electrons. The number of ether oxygens (including phenoxy) is 1. The van der Waals surface area contributed by atoms with Crippen LogP contribution in [-0.2, 0) is 26.5 Å². The SMILES string of the molecule is CC(C)c1cc(-c2ccccc2)ncc1[Si](C)(C)C.CCC(CC)c1ccnc(-c2ccc(OC)c3c2oc2c(-c4ccccc4)cccc23)c1.CCc1ccnc(-c2ccccc2)c1.[Ir]. The topological polar surface area (TPSA) is 61.0 Å². The molecular formula is C59H63IrN3O2Si. The van der Waals surface area contributed by atoms with Crippen molar-refractivity contribution in [1.82, 2.24) is 15.0 Å². The zero-order chi connectivity index (χ0) is 45.9. The molecule has 1 radical (unpaired) electrons. The Kier molecular flexibility index (Phi) is 17.2. The van der Waals surface area contributed by atoms with Gasteiger partial charge in [0.05, 0.1) is 37.7 Å². The molecule has 5 aromatic carbocycles. The second-order valence-corrected chi connectivity index (χ2v) is 22.9. The maximum atomic E-state index is 6.60. The predicted molar refractivity (Wildman–Crippen MR) is 278 cm³/mol. The number of rotatable bonds is 11. The molecule has 0 unspecified atom stereocenters.